The molecule has 0 radical (unpaired) electrons. The van der Waals surface area contributed by atoms with Gasteiger partial charge in [0.25, 0.3) is 0 Å². The quantitative estimate of drug-likeness (QED) is 0.766. The molecule has 1 aliphatic carbocycles. The third-order valence-corrected chi connectivity index (χ3v) is 5.03. The van der Waals surface area contributed by atoms with Crippen molar-refractivity contribution in [2.24, 2.45) is 16.1 Å². The molecule has 1 fully saturated rings. The SMILES string of the molecule is O=C(Nc1cc2c3c(c[nH]c3c1)CN=NC2)C1CC1c1cccnc1. The van der Waals surface area contributed by atoms with E-state index in [4.69, 9.17) is 0 Å². The number of aromatic amines is 1. The lowest BCUT2D eigenvalue weighted by molar-refractivity contribution is -0.117. The monoisotopic (exact) mass is 331 g/mol. The highest BCUT2D eigenvalue weighted by Crippen LogP contribution is 2.47. The van der Waals surface area contributed by atoms with Crippen LogP contribution in [0.25, 0.3) is 10.9 Å². The second-order valence-electron chi connectivity index (χ2n) is 6.70. The van der Waals surface area contributed by atoms with Gasteiger partial charge in [-0.05, 0) is 41.7 Å². The van der Waals surface area contributed by atoms with E-state index in [1.165, 1.54) is 5.39 Å². The molecule has 25 heavy (non-hydrogen) atoms. The molecule has 6 heteroatoms. The van der Waals surface area contributed by atoms with Gasteiger partial charge in [-0.1, -0.05) is 6.07 Å². The fraction of sp³-hybridized carbons (Fsp3) is 0.263. The fourth-order valence-electron chi connectivity index (χ4n) is 3.69. The van der Waals surface area contributed by atoms with E-state index in [1.54, 1.807) is 6.20 Å². The first kappa shape index (κ1) is 14.3. The molecule has 6 nitrogen and oxygen atoms in total. The molecule has 0 saturated heterocycles. The summed E-state index contributed by atoms with van der Waals surface area (Å²) in [5.41, 5.74) is 5.23. The number of rotatable bonds is 3. The topological polar surface area (TPSA) is 82.5 Å². The van der Waals surface area contributed by atoms with Crippen molar-refractivity contribution in [3.05, 3.63) is 59.5 Å². The molecule has 1 saturated carbocycles. The van der Waals surface area contributed by atoms with E-state index in [0.717, 1.165) is 34.3 Å². The Balaban J connectivity index is 1.38. The molecule has 3 aromatic rings. The zero-order chi connectivity index (χ0) is 16.8. The summed E-state index contributed by atoms with van der Waals surface area (Å²) in [7, 11) is 0. The van der Waals surface area contributed by atoms with E-state index in [1.807, 2.05) is 36.7 Å². The lowest BCUT2D eigenvalue weighted by Crippen LogP contribution is -2.14. The minimum atomic E-state index is 0.0259. The number of H-pyrrole nitrogens is 1. The highest BCUT2D eigenvalue weighted by molar-refractivity contribution is 5.98. The van der Waals surface area contributed by atoms with Crippen LogP contribution in [0.3, 0.4) is 0 Å². The maximum Gasteiger partial charge on any atom is 0.228 e. The third kappa shape index (κ3) is 2.50. The predicted molar refractivity (Wildman–Crippen MR) is 94.3 cm³/mol. The molecule has 1 aromatic carbocycles. The zero-order valence-electron chi connectivity index (χ0n) is 13.6. The van der Waals surface area contributed by atoms with Crippen LogP contribution in [0.2, 0.25) is 0 Å². The molecular weight excluding hydrogens is 314 g/mol. The summed E-state index contributed by atoms with van der Waals surface area (Å²) in [6.45, 7) is 1.15. The minimum Gasteiger partial charge on any atom is -0.361 e. The van der Waals surface area contributed by atoms with Crippen LogP contribution in [0.4, 0.5) is 5.69 Å². The molecule has 0 bridgehead atoms. The second-order valence-corrected chi connectivity index (χ2v) is 6.70. The molecule has 2 N–H and O–H groups in total. The Morgan fingerprint density at radius 3 is 2.92 bits per heavy atom. The van der Waals surface area contributed by atoms with Gasteiger partial charge >= 0.3 is 0 Å². The summed E-state index contributed by atoms with van der Waals surface area (Å²) < 4.78 is 0. The van der Waals surface area contributed by atoms with Crippen LogP contribution in [-0.4, -0.2) is 15.9 Å². The molecule has 2 atom stereocenters. The first-order chi connectivity index (χ1) is 12.3. The summed E-state index contributed by atoms with van der Waals surface area (Å²) in [5, 5.41) is 12.6. The Hall–Kier alpha value is -3.02. The summed E-state index contributed by atoms with van der Waals surface area (Å²) in [6.07, 6.45) is 6.46. The van der Waals surface area contributed by atoms with Gasteiger partial charge in [0.1, 0.15) is 0 Å². The number of aromatic nitrogens is 2. The van der Waals surface area contributed by atoms with Crippen LogP contribution in [0.5, 0.6) is 0 Å². The predicted octanol–water partition coefficient (Wildman–Crippen LogP) is 3.77. The van der Waals surface area contributed by atoms with E-state index < -0.39 is 0 Å². The lowest BCUT2D eigenvalue weighted by Gasteiger charge is -2.08. The van der Waals surface area contributed by atoms with E-state index in [2.05, 4.69) is 25.5 Å². The van der Waals surface area contributed by atoms with Crippen molar-refractivity contribution in [2.75, 3.05) is 5.32 Å². The van der Waals surface area contributed by atoms with Crippen LogP contribution in [-0.2, 0) is 17.9 Å². The molecular formula is C19H17N5O. The van der Waals surface area contributed by atoms with Gasteiger partial charge in [-0.25, -0.2) is 0 Å². The summed E-state index contributed by atoms with van der Waals surface area (Å²) in [5.74, 6) is 0.380. The standard InChI is InChI=1S/C19H17N5O/c25-19(16-6-15(16)11-2-1-3-20-7-11)24-14-4-12-9-22-23-10-13-8-21-17(5-14)18(12)13/h1-5,7-8,15-16,21H,6,9-10H2,(H,24,25). The van der Waals surface area contributed by atoms with Crippen molar-refractivity contribution in [3.63, 3.8) is 0 Å². The van der Waals surface area contributed by atoms with E-state index in [9.17, 15) is 4.79 Å². The molecule has 1 amide bonds. The number of nitrogens with one attached hydrogen (secondary N) is 2. The van der Waals surface area contributed by atoms with Crippen molar-refractivity contribution >= 4 is 22.5 Å². The van der Waals surface area contributed by atoms with Crippen LogP contribution < -0.4 is 5.32 Å². The summed E-state index contributed by atoms with van der Waals surface area (Å²) >= 11 is 0. The number of hydrogen-bond acceptors (Lipinski definition) is 4. The molecule has 3 heterocycles. The van der Waals surface area contributed by atoms with Gasteiger partial charge in [-0.15, -0.1) is 0 Å². The number of hydrogen-bond donors (Lipinski definition) is 2. The van der Waals surface area contributed by atoms with E-state index in [-0.39, 0.29) is 17.7 Å². The highest BCUT2D eigenvalue weighted by Gasteiger charge is 2.44. The summed E-state index contributed by atoms with van der Waals surface area (Å²) in [4.78, 5) is 20.0. The van der Waals surface area contributed by atoms with Gasteiger partial charge in [0.2, 0.25) is 5.91 Å². The first-order valence-electron chi connectivity index (χ1n) is 8.46. The van der Waals surface area contributed by atoms with Gasteiger partial charge in [-0.2, -0.15) is 10.2 Å². The Bertz CT molecular complexity index is 992. The number of azo groups is 1. The van der Waals surface area contributed by atoms with Crippen LogP contribution in [0, 0.1) is 5.92 Å². The van der Waals surface area contributed by atoms with Crippen molar-refractivity contribution in [2.45, 2.75) is 25.4 Å². The molecule has 5 rings (SSSR count). The third-order valence-electron chi connectivity index (χ3n) is 5.03. The van der Waals surface area contributed by atoms with Crippen molar-refractivity contribution in [1.82, 2.24) is 9.97 Å². The molecule has 0 spiro atoms. The second kappa shape index (κ2) is 5.51. The van der Waals surface area contributed by atoms with Crippen molar-refractivity contribution in [3.8, 4) is 0 Å². The average Bonchev–Trinajstić information content (AvgIpc) is 3.37. The fourth-order valence-corrected chi connectivity index (χ4v) is 3.69. The number of anilines is 1. The number of carbonyl (C=O) groups excluding carboxylic acids is 1. The number of benzene rings is 1. The molecule has 124 valence electrons. The lowest BCUT2D eigenvalue weighted by atomic mass is 10.1. The van der Waals surface area contributed by atoms with Gasteiger partial charge in [-0.3, -0.25) is 9.78 Å². The smallest absolute Gasteiger partial charge is 0.228 e. The van der Waals surface area contributed by atoms with E-state index in [0.29, 0.717) is 13.1 Å². The van der Waals surface area contributed by atoms with Crippen molar-refractivity contribution < 1.29 is 4.79 Å². The largest absolute Gasteiger partial charge is 0.361 e. The first-order valence-corrected chi connectivity index (χ1v) is 8.46. The Morgan fingerprint density at radius 2 is 2.08 bits per heavy atom. The van der Waals surface area contributed by atoms with Gasteiger partial charge in [0.15, 0.2) is 0 Å². The highest BCUT2D eigenvalue weighted by atomic mass is 16.2. The summed E-state index contributed by atoms with van der Waals surface area (Å²) in [6, 6.07) is 7.97. The van der Waals surface area contributed by atoms with Crippen LogP contribution in [0.1, 0.15) is 29.0 Å². The van der Waals surface area contributed by atoms with Crippen LogP contribution in [0.15, 0.2) is 53.1 Å². The molecule has 1 aliphatic heterocycles. The number of nitrogens with zero attached hydrogens (tertiary/aromatic N) is 3. The number of pyridine rings is 1. The maximum absolute atomic E-state index is 12.6. The van der Waals surface area contributed by atoms with Crippen LogP contribution >= 0.6 is 0 Å². The zero-order valence-corrected chi connectivity index (χ0v) is 13.6. The van der Waals surface area contributed by atoms with E-state index >= 15 is 0 Å². The number of amides is 1. The number of carbonyl (C=O) groups is 1. The molecule has 2 aliphatic rings. The van der Waals surface area contributed by atoms with Gasteiger partial charge in [0, 0.05) is 46.7 Å². The van der Waals surface area contributed by atoms with Gasteiger partial charge < -0.3 is 10.3 Å². The average molecular weight is 331 g/mol. The maximum atomic E-state index is 12.6. The molecule has 2 unspecified atom stereocenters. The minimum absolute atomic E-state index is 0.0259. The normalized spacial score (nSPS) is 21.1. The van der Waals surface area contributed by atoms with Crippen molar-refractivity contribution in [1.29, 1.82) is 0 Å². The van der Waals surface area contributed by atoms with Gasteiger partial charge in [0.05, 0.1) is 13.1 Å². The Kier molecular flexibility index (Phi) is 3.16. The molecule has 2 aromatic heterocycles. The Labute approximate surface area is 144 Å². The Morgan fingerprint density at radius 1 is 1.20 bits per heavy atom.